The number of para-hydroxylation sites is 1. The van der Waals surface area contributed by atoms with E-state index in [2.05, 4.69) is 15.3 Å². The van der Waals surface area contributed by atoms with Gasteiger partial charge in [-0.15, -0.1) is 12.4 Å². The predicted molar refractivity (Wildman–Crippen MR) is 105 cm³/mol. The van der Waals surface area contributed by atoms with Crippen molar-refractivity contribution in [2.24, 2.45) is 0 Å². The van der Waals surface area contributed by atoms with Gasteiger partial charge in [-0.2, -0.15) is 0 Å². The molecule has 7 heteroatoms. The molecule has 0 unspecified atom stereocenters. The molecule has 0 atom stereocenters. The van der Waals surface area contributed by atoms with E-state index in [-0.39, 0.29) is 18.2 Å². The molecule has 0 amide bonds. The Morgan fingerprint density at radius 3 is 2.50 bits per heavy atom. The summed E-state index contributed by atoms with van der Waals surface area (Å²) in [7, 11) is 5.22. The lowest BCUT2D eigenvalue weighted by atomic mass is 10.1. The highest BCUT2D eigenvalue weighted by atomic mass is 35.5. The lowest BCUT2D eigenvalue weighted by Crippen LogP contribution is -2.10. The Bertz CT molecular complexity index is 889. The van der Waals surface area contributed by atoms with Crippen molar-refractivity contribution < 1.29 is 9.13 Å². The molecular weight excluding hydrogens is 355 g/mol. The molecule has 0 spiro atoms. The summed E-state index contributed by atoms with van der Waals surface area (Å²) in [4.78, 5) is 10.2. The largest absolute Gasteiger partial charge is 0.496 e. The number of hydrogen-bond donors (Lipinski definition) is 1. The van der Waals surface area contributed by atoms with E-state index in [0.29, 0.717) is 17.2 Å². The Hall–Kier alpha value is -2.86. The number of aromatic nitrogens is 2. The molecule has 3 rings (SSSR count). The molecule has 3 aromatic rings. The average molecular weight is 375 g/mol. The molecular formula is C19H20ClFN4O. The summed E-state index contributed by atoms with van der Waals surface area (Å²) < 4.78 is 19.5. The fourth-order valence-electron chi connectivity index (χ4n) is 2.52. The Kier molecular flexibility index (Phi) is 6.36. The molecule has 0 bridgehead atoms. The summed E-state index contributed by atoms with van der Waals surface area (Å²) in [6, 6.07) is 14.4. The van der Waals surface area contributed by atoms with E-state index < -0.39 is 0 Å². The lowest BCUT2D eigenvalue weighted by Gasteiger charge is -2.15. The van der Waals surface area contributed by atoms with Crippen LogP contribution in [0, 0.1) is 5.82 Å². The van der Waals surface area contributed by atoms with Gasteiger partial charge in [0.15, 0.2) is 0 Å². The van der Waals surface area contributed by atoms with Crippen LogP contribution < -0.4 is 15.0 Å². The van der Waals surface area contributed by atoms with E-state index in [0.717, 1.165) is 17.0 Å². The first kappa shape index (κ1) is 19.5. The molecule has 0 fully saturated rings. The monoisotopic (exact) mass is 374 g/mol. The molecule has 0 radical (unpaired) electrons. The molecule has 0 aliphatic heterocycles. The standard InChI is InChI=1S/C19H19FN4O.ClH/c1-24(2)17-9-8-13(10-15(17)20)23-19-11-16(21-12-22-19)14-6-4-5-7-18(14)25-3;/h4-12H,1-3H3,(H,21,22,23);1H. The molecule has 26 heavy (non-hydrogen) atoms. The second kappa shape index (κ2) is 8.49. The number of benzene rings is 2. The number of ether oxygens (including phenoxy) is 1. The van der Waals surface area contributed by atoms with Gasteiger partial charge in [0.25, 0.3) is 0 Å². The van der Waals surface area contributed by atoms with Crippen LogP contribution in [0.2, 0.25) is 0 Å². The fourth-order valence-corrected chi connectivity index (χ4v) is 2.52. The quantitative estimate of drug-likeness (QED) is 0.711. The van der Waals surface area contributed by atoms with Crippen molar-refractivity contribution >= 4 is 29.6 Å². The van der Waals surface area contributed by atoms with Gasteiger partial charge in [-0.3, -0.25) is 0 Å². The minimum Gasteiger partial charge on any atom is -0.496 e. The molecule has 1 N–H and O–H groups in total. The van der Waals surface area contributed by atoms with Crippen LogP contribution in [0.25, 0.3) is 11.3 Å². The number of nitrogens with one attached hydrogen (secondary N) is 1. The maximum atomic E-state index is 14.1. The lowest BCUT2D eigenvalue weighted by molar-refractivity contribution is 0.416. The van der Waals surface area contributed by atoms with Crippen LogP contribution in [-0.2, 0) is 0 Å². The Morgan fingerprint density at radius 1 is 1.04 bits per heavy atom. The fraction of sp³-hybridized carbons (Fsp3) is 0.158. The summed E-state index contributed by atoms with van der Waals surface area (Å²) in [5.41, 5.74) is 2.74. The van der Waals surface area contributed by atoms with Gasteiger partial charge in [-0.05, 0) is 30.3 Å². The highest BCUT2D eigenvalue weighted by Gasteiger charge is 2.09. The van der Waals surface area contributed by atoms with Gasteiger partial charge in [0, 0.05) is 31.4 Å². The van der Waals surface area contributed by atoms with Crippen LogP contribution >= 0.6 is 12.4 Å². The summed E-state index contributed by atoms with van der Waals surface area (Å²) >= 11 is 0. The first-order chi connectivity index (χ1) is 12.1. The summed E-state index contributed by atoms with van der Waals surface area (Å²) in [6.45, 7) is 0. The van der Waals surface area contributed by atoms with Crippen LogP contribution in [0.4, 0.5) is 21.6 Å². The van der Waals surface area contributed by atoms with E-state index in [1.807, 2.05) is 30.3 Å². The van der Waals surface area contributed by atoms with Crippen molar-refractivity contribution in [2.45, 2.75) is 0 Å². The van der Waals surface area contributed by atoms with Crippen LogP contribution in [0.15, 0.2) is 54.9 Å². The number of halogens is 2. The second-order valence-electron chi connectivity index (χ2n) is 5.67. The molecule has 0 saturated carbocycles. The number of methoxy groups -OCH3 is 1. The van der Waals surface area contributed by atoms with Gasteiger partial charge >= 0.3 is 0 Å². The van der Waals surface area contributed by atoms with E-state index in [9.17, 15) is 4.39 Å². The Morgan fingerprint density at radius 2 is 1.81 bits per heavy atom. The zero-order valence-corrected chi connectivity index (χ0v) is 15.5. The Balaban J connectivity index is 0.00000243. The first-order valence-electron chi connectivity index (χ1n) is 7.78. The third-order valence-corrected chi connectivity index (χ3v) is 3.75. The zero-order valence-electron chi connectivity index (χ0n) is 14.7. The maximum absolute atomic E-state index is 14.1. The zero-order chi connectivity index (χ0) is 17.8. The van der Waals surface area contributed by atoms with Crippen molar-refractivity contribution in [1.82, 2.24) is 9.97 Å². The van der Waals surface area contributed by atoms with Crippen LogP contribution in [0.5, 0.6) is 5.75 Å². The predicted octanol–water partition coefficient (Wildman–Crippen LogP) is 4.52. The van der Waals surface area contributed by atoms with Crippen molar-refractivity contribution in [2.75, 3.05) is 31.4 Å². The van der Waals surface area contributed by atoms with Gasteiger partial charge in [0.2, 0.25) is 0 Å². The number of hydrogen-bond acceptors (Lipinski definition) is 5. The molecule has 2 aromatic carbocycles. The highest BCUT2D eigenvalue weighted by molar-refractivity contribution is 5.85. The Labute approximate surface area is 158 Å². The number of nitrogens with zero attached hydrogens (tertiary/aromatic N) is 3. The van der Waals surface area contributed by atoms with E-state index >= 15 is 0 Å². The summed E-state index contributed by atoms with van der Waals surface area (Å²) in [5, 5.41) is 3.11. The minimum absolute atomic E-state index is 0. The molecule has 1 heterocycles. The number of rotatable bonds is 5. The van der Waals surface area contributed by atoms with Gasteiger partial charge in [0.05, 0.1) is 18.5 Å². The average Bonchev–Trinajstić information content (AvgIpc) is 2.61. The van der Waals surface area contributed by atoms with Gasteiger partial charge in [0.1, 0.15) is 23.7 Å². The molecule has 0 aliphatic rings. The third kappa shape index (κ3) is 4.21. The maximum Gasteiger partial charge on any atom is 0.148 e. The van der Waals surface area contributed by atoms with Crippen molar-refractivity contribution in [1.29, 1.82) is 0 Å². The molecule has 0 aliphatic carbocycles. The third-order valence-electron chi connectivity index (χ3n) is 3.75. The van der Waals surface area contributed by atoms with E-state index in [1.54, 1.807) is 38.2 Å². The molecule has 0 saturated heterocycles. The van der Waals surface area contributed by atoms with Gasteiger partial charge in [-0.25, -0.2) is 14.4 Å². The SMILES string of the molecule is COc1ccccc1-c1cc(Nc2ccc(N(C)C)c(F)c2)ncn1.Cl. The normalized spacial score (nSPS) is 10.0. The van der Waals surface area contributed by atoms with Crippen LogP contribution in [0.1, 0.15) is 0 Å². The number of anilines is 3. The van der Waals surface area contributed by atoms with E-state index in [1.165, 1.54) is 12.4 Å². The molecule has 1 aromatic heterocycles. The smallest absolute Gasteiger partial charge is 0.148 e. The second-order valence-corrected chi connectivity index (χ2v) is 5.67. The van der Waals surface area contributed by atoms with Gasteiger partial charge in [-0.1, -0.05) is 12.1 Å². The van der Waals surface area contributed by atoms with Crippen LogP contribution in [-0.4, -0.2) is 31.2 Å². The first-order valence-corrected chi connectivity index (χ1v) is 7.78. The van der Waals surface area contributed by atoms with E-state index in [4.69, 9.17) is 4.74 Å². The van der Waals surface area contributed by atoms with Crippen molar-refractivity contribution in [3.8, 4) is 17.0 Å². The van der Waals surface area contributed by atoms with Crippen molar-refractivity contribution in [3.05, 3.63) is 60.7 Å². The minimum atomic E-state index is -0.297. The molecule has 136 valence electrons. The molecule has 5 nitrogen and oxygen atoms in total. The highest BCUT2D eigenvalue weighted by Crippen LogP contribution is 2.29. The van der Waals surface area contributed by atoms with Gasteiger partial charge < -0.3 is 15.0 Å². The van der Waals surface area contributed by atoms with Crippen molar-refractivity contribution in [3.63, 3.8) is 0 Å². The van der Waals surface area contributed by atoms with Crippen LogP contribution in [0.3, 0.4) is 0 Å². The summed E-state index contributed by atoms with van der Waals surface area (Å²) in [5.74, 6) is 1.01. The summed E-state index contributed by atoms with van der Waals surface area (Å²) in [6.07, 6.45) is 1.47. The topological polar surface area (TPSA) is 50.3 Å².